The summed E-state index contributed by atoms with van der Waals surface area (Å²) in [6, 6.07) is 11.3. The van der Waals surface area contributed by atoms with Gasteiger partial charge < -0.3 is 35.0 Å². The first-order valence-electron chi connectivity index (χ1n) is 12.1. The molecule has 12 nitrogen and oxygen atoms in total. The van der Waals surface area contributed by atoms with E-state index in [0.29, 0.717) is 38.7 Å². The van der Waals surface area contributed by atoms with Crippen LogP contribution in [0.5, 0.6) is 5.75 Å². The van der Waals surface area contributed by atoms with Crippen LogP contribution in [-0.4, -0.2) is 84.1 Å². The number of nitrogens with two attached hydrogens (primary N) is 1. The fourth-order valence-electron chi connectivity index (χ4n) is 3.42. The van der Waals surface area contributed by atoms with Crippen molar-refractivity contribution in [3.05, 3.63) is 65.2 Å². The van der Waals surface area contributed by atoms with Gasteiger partial charge in [0.2, 0.25) is 0 Å². The Morgan fingerprint density at radius 1 is 1.03 bits per heavy atom. The fourth-order valence-corrected chi connectivity index (χ4v) is 5.32. The Bertz CT molecular complexity index is 1270. The molecule has 0 aliphatic carbocycles. The van der Waals surface area contributed by atoms with Crippen LogP contribution in [0, 0.1) is 0 Å². The molecule has 0 bridgehead atoms. The van der Waals surface area contributed by atoms with E-state index in [9.17, 15) is 13.2 Å². The number of ether oxygens (including phenoxy) is 4. The van der Waals surface area contributed by atoms with Gasteiger partial charge in [0.25, 0.3) is 15.9 Å². The van der Waals surface area contributed by atoms with E-state index in [2.05, 4.69) is 31.2 Å². The van der Waals surface area contributed by atoms with Gasteiger partial charge in [-0.2, -0.15) is 0 Å². The third-order valence-electron chi connectivity index (χ3n) is 5.29. The van der Waals surface area contributed by atoms with E-state index < -0.39 is 15.9 Å². The van der Waals surface area contributed by atoms with Crippen LogP contribution in [0.1, 0.15) is 10.5 Å². The highest BCUT2D eigenvalue weighted by Crippen LogP contribution is 2.33. The van der Waals surface area contributed by atoms with E-state index in [1.165, 1.54) is 36.1 Å². The summed E-state index contributed by atoms with van der Waals surface area (Å²) in [5.41, 5.74) is 6.30. The molecule has 4 N–H and O–H groups in total. The van der Waals surface area contributed by atoms with Gasteiger partial charge in [-0.25, -0.2) is 13.4 Å². The summed E-state index contributed by atoms with van der Waals surface area (Å²) < 4.78 is 51.6. The third kappa shape index (κ3) is 9.02. The molecule has 1 aromatic heterocycles. The zero-order chi connectivity index (χ0) is 28.1. The zero-order valence-electron chi connectivity index (χ0n) is 21.5. The first-order chi connectivity index (χ1) is 18.9. The smallest absolute Gasteiger partial charge is 0.273 e. The van der Waals surface area contributed by atoms with Crippen LogP contribution in [0.2, 0.25) is 0 Å². The maximum atomic E-state index is 14.0. The van der Waals surface area contributed by atoms with Crippen molar-refractivity contribution in [2.75, 3.05) is 69.5 Å². The van der Waals surface area contributed by atoms with E-state index in [0.717, 1.165) is 4.47 Å². The minimum atomic E-state index is -4.15. The van der Waals surface area contributed by atoms with E-state index >= 15 is 0 Å². The van der Waals surface area contributed by atoms with Gasteiger partial charge in [-0.15, -0.1) is 0 Å². The largest absolute Gasteiger partial charge is 0.495 e. The number of carbonyl (C=O) groups is 1. The van der Waals surface area contributed by atoms with E-state index in [-0.39, 0.29) is 41.8 Å². The van der Waals surface area contributed by atoms with Gasteiger partial charge in [-0.1, -0.05) is 15.9 Å². The minimum Gasteiger partial charge on any atom is -0.495 e. The number of H-pyrrole nitrogens is 1. The molecular formula is C25H32BrN5O7S. The predicted octanol–water partition coefficient (Wildman–Crippen LogP) is 2.64. The van der Waals surface area contributed by atoms with Crippen molar-refractivity contribution in [3.8, 4) is 5.75 Å². The lowest BCUT2D eigenvalue weighted by molar-refractivity contribution is 0.0176. The molecular weight excluding hydrogens is 594 g/mol. The number of hydrogen-bond donors (Lipinski definition) is 3. The number of hydrogen-bond acceptors (Lipinski definition) is 9. The number of benzene rings is 2. The number of halogens is 1. The molecule has 0 atom stereocenters. The van der Waals surface area contributed by atoms with Crippen LogP contribution in [0.25, 0.3) is 0 Å². The molecule has 14 heteroatoms. The standard InChI is InChI=1S/C25H32BrN5O7S/c1-35-23-7-4-20(30-25(32)22-17-28-18-29-22)16-24(23)39(33,34)31(21-5-2-19(26)3-6-21)9-11-37-13-15-38-14-12-36-10-8-27/h2-7,16-18H,8-15,27H2,1H3,(H,28,29)(H,30,32). The Morgan fingerprint density at radius 3 is 2.31 bits per heavy atom. The highest BCUT2D eigenvalue weighted by atomic mass is 79.9. The molecule has 39 heavy (non-hydrogen) atoms. The van der Waals surface area contributed by atoms with Gasteiger partial charge in [-0.3, -0.25) is 9.10 Å². The van der Waals surface area contributed by atoms with Gasteiger partial charge in [0.1, 0.15) is 16.3 Å². The van der Waals surface area contributed by atoms with E-state index in [1.807, 2.05) is 0 Å². The van der Waals surface area contributed by atoms with Crippen LogP contribution in [-0.2, 0) is 24.2 Å². The quantitative estimate of drug-likeness (QED) is 0.192. The number of rotatable bonds is 17. The average Bonchev–Trinajstić information content (AvgIpc) is 3.48. The Kier molecular flexibility index (Phi) is 12.2. The van der Waals surface area contributed by atoms with Crippen molar-refractivity contribution in [2.45, 2.75) is 4.90 Å². The molecule has 2 aromatic carbocycles. The Labute approximate surface area is 236 Å². The summed E-state index contributed by atoms with van der Waals surface area (Å²) in [5.74, 6) is -0.338. The third-order valence-corrected chi connectivity index (χ3v) is 7.67. The summed E-state index contributed by atoms with van der Waals surface area (Å²) in [6.45, 7) is 2.54. The van der Waals surface area contributed by atoms with Crippen molar-refractivity contribution in [3.63, 3.8) is 0 Å². The summed E-state index contributed by atoms with van der Waals surface area (Å²) in [5, 5.41) is 2.67. The molecule has 1 heterocycles. The lowest BCUT2D eigenvalue weighted by Crippen LogP contribution is -2.34. The second kappa shape index (κ2) is 15.5. The van der Waals surface area contributed by atoms with Gasteiger partial charge in [0.15, 0.2) is 0 Å². The molecule has 0 aliphatic rings. The molecule has 0 radical (unpaired) electrons. The van der Waals surface area contributed by atoms with Gasteiger partial charge in [-0.05, 0) is 42.5 Å². The van der Waals surface area contributed by atoms with Crippen molar-refractivity contribution < 1.29 is 32.2 Å². The van der Waals surface area contributed by atoms with Crippen LogP contribution in [0.4, 0.5) is 11.4 Å². The summed E-state index contributed by atoms with van der Waals surface area (Å²) in [6.07, 6.45) is 2.74. The first-order valence-corrected chi connectivity index (χ1v) is 14.3. The molecule has 3 rings (SSSR count). The minimum absolute atomic E-state index is 0.0253. The molecule has 0 aliphatic heterocycles. The second-order valence-electron chi connectivity index (χ2n) is 7.96. The molecule has 0 fully saturated rings. The number of aromatic nitrogens is 2. The highest BCUT2D eigenvalue weighted by Gasteiger charge is 2.29. The number of nitrogens with zero attached hydrogens (tertiary/aromatic N) is 2. The summed E-state index contributed by atoms with van der Waals surface area (Å²) in [7, 11) is -2.77. The fraction of sp³-hybridized carbons (Fsp3) is 0.360. The second-order valence-corrected chi connectivity index (χ2v) is 10.7. The van der Waals surface area contributed by atoms with Crippen molar-refractivity contribution in [1.29, 1.82) is 0 Å². The van der Waals surface area contributed by atoms with Crippen molar-refractivity contribution in [1.82, 2.24) is 9.97 Å². The van der Waals surface area contributed by atoms with Gasteiger partial charge in [0, 0.05) is 16.7 Å². The van der Waals surface area contributed by atoms with Crippen LogP contribution >= 0.6 is 15.9 Å². The predicted molar refractivity (Wildman–Crippen MR) is 150 cm³/mol. The summed E-state index contributed by atoms with van der Waals surface area (Å²) in [4.78, 5) is 18.9. The van der Waals surface area contributed by atoms with Gasteiger partial charge in [0.05, 0.1) is 71.5 Å². The Morgan fingerprint density at radius 2 is 1.69 bits per heavy atom. The number of imidazole rings is 1. The number of anilines is 2. The Balaban J connectivity index is 1.74. The number of aromatic amines is 1. The Hall–Kier alpha value is -3.01. The first kappa shape index (κ1) is 30.5. The number of sulfonamides is 1. The monoisotopic (exact) mass is 625 g/mol. The van der Waals surface area contributed by atoms with E-state index in [1.54, 1.807) is 30.3 Å². The lowest BCUT2D eigenvalue weighted by Gasteiger charge is -2.26. The SMILES string of the molecule is COc1ccc(NC(=O)c2cnc[nH]2)cc1S(=O)(=O)N(CCOCCOCCOCCN)c1ccc(Br)cc1. The summed E-state index contributed by atoms with van der Waals surface area (Å²) >= 11 is 3.38. The normalized spacial score (nSPS) is 11.4. The molecule has 0 saturated carbocycles. The molecule has 0 spiro atoms. The van der Waals surface area contributed by atoms with Crippen LogP contribution in [0.3, 0.4) is 0 Å². The highest BCUT2D eigenvalue weighted by molar-refractivity contribution is 9.10. The number of nitrogens with one attached hydrogen (secondary N) is 2. The zero-order valence-corrected chi connectivity index (χ0v) is 23.9. The number of amides is 1. The van der Waals surface area contributed by atoms with Gasteiger partial charge >= 0.3 is 0 Å². The maximum absolute atomic E-state index is 14.0. The van der Waals surface area contributed by atoms with Crippen LogP contribution < -0.4 is 20.1 Å². The van der Waals surface area contributed by atoms with E-state index in [4.69, 9.17) is 24.7 Å². The van der Waals surface area contributed by atoms with Crippen molar-refractivity contribution in [2.24, 2.45) is 5.73 Å². The van der Waals surface area contributed by atoms with Crippen LogP contribution in [0.15, 0.2) is 64.4 Å². The molecule has 0 saturated heterocycles. The molecule has 3 aromatic rings. The topological polar surface area (TPSA) is 158 Å². The molecule has 212 valence electrons. The number of methoxy groups -OCH3 is 1. The molecule has 1 amide bonds. The lowest BCUT2D eigenvalue weighted by atomic mass is 10.3. The number of carbonyl (C=O) groups excluding carboxylic acids is 1. The molecule has 0 unspecified atom stereocenters. The average molecular weight is 627 g/mol. The van der Waals surface area contributed by atoms with Crippen molar-refractivity contribution >= 4 is 43.2 Å². The maximum Gasteiger partial charge on any atom is 0.273 e.